The Kier molecular flexibility index (Phi) is 3.54. The Hall–Kier alpha value is -3.20. The van der Waals surface area contributed by atoms with Crippen molar-refractivity contribution in [3.05, 3.63) is 64.3 Å². The van der Waals surface area contributed by atoms with Crippen molar-refractivity contribution in [3.63, 3.8) is 0 Å². The molecule has 22 heavy (non-hydrogen) atoms. The maximum absolute atomic E-state index is 12.0. The monoisotopic (exact) mass is 291 g/mol. The van der Waals surface area contributed by atoms with Crippen molar-refractivity contribution < 1.29 is 0 Å². The number of nitrogens with zero attached hydrogens (tertiary/aromatic N) is 4. The number of anilines is 1. The van der Waals surface area contributed by atoms with E-state index in [-0.39, 0.29) is 5.56 Å². The molecule has 2 heterocycles. The second kappa shape index (κ2) is 5.66. The second-order valence-corrected chi connectivity index (χ2v) is 4.90. The van der Waals surface area contributed by atoms with Gasteiger partial charge in [-0.3, -0.25) is 4.79 Å². The van der Waals surface area contributed by atoms with E-state index in [0.29, 0.717) is 34.7 Å². The van der Waals surface area contributed by atoms with E-state index in [9.17, 15) is 4.79 Å². The number of nitriles is 1. The van der Waals surface area contributed by atoms with Gasteiger partial charge in [0.05, 0.1) is 23.0 Å². The minimum Gasteiger partial charge on any atom is -0.352 e. The second-order valence-electron chi connectivity index (χ2n) is 4.90. The summed E-state index contributed by atoms with van der Waals surface area (Å²) < 4.78 is 0. The van der Waals surface area contributed by atoms with Crippen LogP contribution in [-0.4, -0.2) is 22.0 Å². The van der Waals surface area contributed by atoms with Gasteiger partial charge in [-0.15, -0.1) is 0 Å². The minimum absolute atomic E-state index is 0.151. The molecular formula is C16H13N5O. The van der Waals surface area contributed by atoms with Crippen LogP contribution in [0.15, 0.2) is 47.4 Å². The average Bonchev–Trinajstić information content (AvgIpc) is 2.55. The van der Waals surface area contributed by atoms with Gasteiger partial charge in [0.2, 0.25) is 0 Å². The number of benzene rings is 1. The molecule has 0 atom stereocenters. The molecule has 0 aliphatic carbocycles. The molecule has 6 nitrogen and oxygen atoms in total. The molecule has 0 saturated carbocycles. The van der Waals surface area contributed by atoms with E-state index in [0.717, 1.165) is 0 Å². The molecule has 2 aromatic heterocycles. The highest BCUT2D eigenvalue weighted by atomic mass is 16.1. The van der Waals surface area contributed by atoms with Gasteiger partial charge < -0.3 is 9.88 Å². The van der Waals surface area contributed by atoms with Gasteiger partial charge in [0.1, 0.15) is 17.7 Å². The SMILES string of the molecule is CN(Cc1nc2ccccc2c(=O)[nH]1)c1ccc(C#N)cn1. The number of hydrogen-bond acceptors (Lipinski definition) is 5. The smallest absolute Gasteiger partial charge is 0.258 e. The molecule has 0 unspecified atom stereocenters. The van der Waals surface area contributed by atoms with Crippen LogP contribution in [0.4, 0.5) is 5.82 Å². The van der Waals surface area contributed by atoms with Crippen molar-refractivity contribution in [1.82, 2.24) is 15.0 Å². The van der Waals surface area contributed by atoms with Crippen LogP contribution in [0.2, 0.25) is 0 Å². The van der Waals surface area contributed by atoms with Crippen molar-refractivity contribution in [3.8, 4) is 6.07 Å². The summed E-state index contributed by atoms with van der Waals surface area (Å²) in [4.78, 5) is 25.3. The van der Waals surface area contributed by atoms with Crippen molar-refractivity contribution >= 4 is 16.7 Å². The quantitative estimate of drug-likeness (QED) is 0.795. The number of aromatic amines is 1. The molecule has 0 amide bonds. The van der Waals surface area contributed by atoms with Gasteiger partial charge in [-0.25, -0.2) is 9.97 Å². The number of nitrogens with one attached hydrogen (secondary N) is 1. The van der Waals surface area contributed by atoms with E-state index in [4.69, 9.17) is 5.26 Å². The lowest BCUT2D eigenvalue weighted by atomic mass is 10.2. The van der Waals surface area contributed by atoms with E-state index >= 15 is 0 Å². The van der Waals surface area contributed by atoms with Crippen LogP contribution >= 0.6 is 0 Å². The van der Waals surface area contributed by atoms with Crippen LogP contribution in [-0.2, 0) is 6.54 Å². The number of aromatic nitrogens is 3. The molecule has 0 saturated heterocycles. The predicted molar refractivity (Wildman–Crippen MR) is 83.4 cm³/mol. The summed E-state index contributed by atoms with van der Waals surface area (Å²) in [5.74, 6) is 1.27. The van der Waals surface area contributed by atoms with Crippen LogP contribution < -0.4 is 10.5 Å². The first kappa shape index (κ1) is 13.8. The summed E-state index contributed by atoms with van der Waals surface area (Å²) in [6, 6.07) is 12.7. The highest BCUT2D eigenvalue weighted by Gasteiger charge is 2.08. The van der Waals surface area contributed by atoms with Gasteiger partial charge in [-0.2, -0.15) is 5.26 Å². The molecule has 108 valence electrons. The van der Waals surface area contributed by atoms with E-state index < -0.39 is 0 Å². The summed E-state index contributed by atoms with van der Waals surface area (Å²) in [5.41, 5.74) is 1.03. The fraction of sp³-hybridized carbons (Fsp3) is 0.125. The Labute approximate surface area is 126 Å². The Bertz CT molecular complexity index is 908. The molecule has 1 aromatic carbocycles. The molecule has 0 bridgehead atoms. The summed E-state index contributed by atoms with van der Waals surface area (Å²) in [7, 11) is 1.85. The van der Waals surface area contributed by atoms with Gasteiger partial charge in [-0.1, -0.05) is 12.1 Å². The van der Waals surface area contributed by atoms with E-state index in [2.05, 4.69) is 15.0 Å². The molecule has 0 radical (unpaired) electrons. The van der Waals surface area contributed by atoms with Crippen LogP contribution in [0, 0.1) is 11.3 Å². The molecule has 3 rings (SSSR count). The third-order valence-corrected chi connectivity index (χ3v) is 3.32. The number of para-hydroxylation sites is 1. The number of rotatable bonds is 3. The summed E-state index contributed by atoms with van der Waals surface area (Å²) in [5, 5.41) is 9.35. The summed E-state index contributed by atoms with van der Waals surface area (Å²) in [6.45, 7) is 0.416. The molecule has 0 fully saturated rings. The summed E-state index contributed by atoms with van der Waals surface area (Å²) >= 11 is 0. The van der Waals surface area contributed by atoms with Crippen molar-refractivity contribution in [1.29, 1.82) is 5.26 Å². The zero-order valence-corrected chi connectivity index (χ0v) is 11.9. The molecule has 0 aliphatic rings. The standard InChI is InChI=1S/C16H13N5O/c1-21(15-7-6-11(8-17)9-18-15)10-14-19-13-5-3-2-4-12(13)16(22)20-14/h2-7,9H,10H2,1H3,(H,19,20,22). The van der Waals surface area contributed by atoms with Crippen molar-refractivity contribution in [2.24, 2.45) is 0 Å². The first-order valence-electron chi connectivity index (χ1n) is 6.72. The zero-order chi connectivity index (χ0) is 15.5. The highest BCUT2D eigenvalue weighted by molar-refractivity contribution is 5.77. The molecule has 0 spiro atoms. The Morgan fingerprint density at radius 3 is 2.82 bits per heavy atom. The van der Waals surface area contributed by atoms with Gasteiger partial charge in [0.15, 0.2) is 0 Å². The number of H-pyrrole nitrogens is 1. The predicted octanol–water partition coefficient (Wildman–Crippen LogP) is 1.83. The van der Waals surface area contributed by atoms with Gasteiger partial charge in [0.25, 0.3) is 5.56 Å². The van der Waals surface area contributed by atoms with Crippen molar-refractivity contribution in [2.45, 2.75) is 6.54 Å². The first-order chi connectivity index (χ1) is 10.7. The molecule has 1 N–H and O–H groups in total. The van der Waals surface area contributed by atoms with Crippen molar-refractivity contribution in [2.75, 3.05) is 11.9 Å². The Morgan fingerprint density at radius 1 is 1.27 bits per heavy atom. The lowest BCUT2D eigenvalue weighted by Gasteiger charge is -2.17. The van der Waals surface area contributed by atoms with Gasteiger partial charge >= 0.3 is 0 Å². The molecular weight excluding hydrogens is 278 g/mol. The summed E-state index contributed by atoms with van der Waals surface area (Å²) in [6.07, 6.45) is 1.52. The highest BCUT2D eigenvalue weighted by Crippen LogP contribution is 2.12. The molecule has 0 aliphatic heterocycles. The normalized spacial score (nSPS) is 10.4. The third-order valence-electron chi connectivity index (χ3n) is 3.32. The van der Waals surface area contributed by atoms with E-state index in [1.807, 2.05) is 36.2 Å². The minimum atomic E-state index is -0.151. The average molecular weight is 291 g/mol. The van der Waals surface area contributed by atoms with Gasteiger partial charge in [0, 0.05) is 13.2 Å². The molecule has 6 heteroatoms. The van der Waals surface area contributed by atoms with Gasteiger partial charge in [-0.05, 0) is 24.3 Å². The molecule has 3 aromatic rings. The Morgan fingerprint density at radius 2 is 2.09 bits per heavy atom. The van der Waals surface area contributed by atoms with Crippen LogP contribution in [0.5, 0.6) is 0 Å². The van der Waals surface area contributed by atoms with Crippen LogP contribution in [0.3, 0.4) is 0 Å². The maximum atomic E-state index is 12.0. The Balaban J connectivity index is 1.89. The fourth-order valence-corrected chi connectivity index (χ4v) is 2.19. The zero-order valence-electron chi connectivity index (χ0n) is 11.9. The number of hydrogen-bond donors (Lipinski definition) is 1. The lowest BCUT2D eigenvalue weighted by Crippen LogP contribution is -2.22. The largest absolute Gasteiger partial charge is 0.352 e. The maximum Gasteiger partial charge on any atom is 0.258 e. The third kappa shape index (κ3) is 2.65. The topological polar surface area (TPSA) is 85.7 Å². The van der Waals surface area contributed by atoms with Crippen LogP contribution in [0.25, 0.3) is 10.9 Å². The fourth-order valence-electron chi connectivity index (χ4n) is 2.19. The van der Waals surface area contributed by atoms with E-state index in [1.165, 1.54) is 6.20 Å². The van der Waals surface area contributed by atoms with Crippen LogP contribution in [0.1, 0.15) is 11.4 Å². The number of fused-ring (bicyclic) bond motifs is 1. The lowest BCUT2D eigenvalue weighted by molar-refractivity contribution is 0.826. The number of pyridine rings is 1. The van der Waals surface area contributed by atoms with E-state index in [1.54, 1.807) is 18.2 Å². The first-order valence-corrected chi connectivity index (χ1v) is 6.72.